The molecule has 1 saturated carbocycles. The molecule has 1 fully saturated rings. The summed E-state index contributed by atoms with van der Waals surface area (Å²) in [5.74, 6) is 0.355. The summed E-state index contributed by atoms with van der Waals surface area (Å²) in [4.78, 5) is 11.7. The first-order chi connectivity index (χ1) is 9.19. The van der Waals surface area contributed by atoms with Crippen LogP contribution in [0.15, 0.2) is 27.4 Å². The average Bonchev–Trinajstić information content (AvgIpc) is 3.14. The number of fused-ring (bicyclic) bond motifs is 1. The van der Waals surface area contributed by atoms with Crippen LogP contribution < -0.4 is 5.76 Å². The van der Waals surface area contributed by atoms with Gasteiger partial charge in [0.2, 0.25) is 0 Å². The lowest BCUT2D eigenvalue weighted by Gasteiger charge is -2.09. The highest BCUT2D eigenvalue weighted by atomic mass is 16.4. The van der Waals surface area contributed by atoms with Crippen LogP contribution in [-0.2, 0) is 6.54 Å². The lowest BCUT2D eigenvalue weighted by atomic mass is 10.0. The van der Waals surface area contributed by atoms with Crippen LogP contribution in [0.2, 0.25) is 0 Å². The van der Waals surface area contributed by atoms with Gasteiger partial charge < -0.3 is 9.52 Å². The van der Waals surface area contributed by atoms with Gasteiger partial charge in [0.15, 0.2) is 5.58 Å². The number of oxazole rings is 1. The number of aryl methyl sites for hydroxylation is 1. The highest BCUT2D eigenvalue weighted by Gasteiger charge is 2.25. The first-order valence-electron chi connectivity index (χ1n) is 7.00. The lowest BCUT2D eigenvalue weighted by molar-refractivity contribution is 0.160. The van der Waals surface area contributed by atoms with Gasteiger partial charge >= 0.3 is 5.76 Å². The van der Waals surface area contributed by atoms with Crippen molar-refractivity contribution in [2.45, 2.75) is 45.3 Å². The second kappa shape index (κ2) is 4.85. The summed E-state index contributed by atoms with van der Waals surface area (Å²) in [5, 5.41) is 10.1. The monoisotopic (exact) mass is 261 g/mol. The van der Waals surface area contributed by atoms with E-state index in [1.54, 1.807) is 10.6 Å². The molecule has 1 aromatic heterocycles. The minimum atomic E-state index is -0.447. The normalized spacial score (nSPS) is 16.9. The Bertz CT molecular complexity index is 636. The van der Waals surface area contributed by atoms with Gasteiger partial charge in [-0.25, -0.2) is 4.79 Å². The average molecular weight is 261 g/mol. The van der Waals surface area contributed by atoms with Crippen LogP contribution >= 0.6 is 0 Å². The first-order valence-corrected chi connectivity index (χ1v) is 7.00. The summed E-state index contributed by atoms with van der Waals surface area (Å²) in [7, 11) is 0. The number of aliphatic hydroxyl groups excluding tert-OH is 1. The fourth-order valence-electron chi connectivity index (χ4n) is 2.53. The van der Waals surface area contributed by atoms with E-state index < -0.39 is 6.10 Å². The van der Waals surface area contributed by atoms with E-state index in [9.17, 15) is 9.90 Å². The van der Waals surface area contributed by atoms with E-state index in [-0.39, 0.29) is 5.76 Å². The fraction of sp³-hybridized carbons (Fsp3) is 0.533. The maximum atomic E-state index is 11.7. The predicted molar refractivity (Wildman–Crippen MR) is 73.1 cm³/mol. The van der Waals surface area contributed by atoms with Gasteiger partial charge in [-0.05, 0) is 36.5 Å². The third-order valence-electron chi connectivity index (χ3n) is 3.78. The Morgan fingerprint density at radius 3 is 2.95 bits per heavy atom. The van der Waals surface area contributed by atoms with Crippen LogP contribution in [0.4, 0.5) is 0 Å². The van der Waals surface area contributed by atoms with Gasteiger partial charge in [-0.15, -0.1) is 0 Å². The second-order valence-corrected chi connectivity index (χ2v) is 5.44. The van der Waals surface area contributed by atoms with E-state index in [1.807, 2.05) is 19.1 Å². The van der Waals surface area contributed by atoms with Crippen molar-refractivity contribution in [2.75, 3.05) is 0 Å². The molecule has 0 amide bonds. The Kier molecular flexibility index (Phi) is 3.19. The molecule has 4 nitrogen and oxygen atoms in total. The molecular weight excluding hydrogens is 242 g/mol. The summed E-state index contributed by atoms with van der Waals surface area (Å²) >= 11 is 0. The summed E-state index contributed by atoms with van der Waals surface area (Å²) in [6.45, 7) is 2.69. The third-order valence-corrected chi connectivity index (χ3v) is 3.78. The molecule has 102 valence electrons. The molecule has 0 aliphatic heterocycles. The maximum absolute atomic E-state index is 11.7. The van der Waals surface area contributed by atoms with Gasteiger partial charge in [0.05, 0.1) is 11.6 Å². The largest absolute Gasteiger partial charge is 0.419 e. The predicted octanol–water partition coefficient (Wildman–Crippen LogP) is 2.84. The molecule has 2 aromatic rings. The van der Waals surface area contributed by atoms with Crippen LogP contribution in [-0.4, -0.2) is 9.67 Å². The van der Waals surface area contributed by atoms with E-state index in [2.05, 4.69) is 0 Å². The molecular formula is C15H19NO3. The molecule has 3 rings (SSSR count). The van der Waals surface area contributed by atoms with Gasteiger partial charge in [-0.2, -0.15) is 0 Å². The molecule has 1 unspecified atom stereocenters. The Hall–Kier alpha value is -1.55. The molecule has 1 aromatic carbocycles. The molecule has 1 atom stereocenters. The highest BCUT2D eigenvalue weighted by molar-refractivity contribution is 5.73. The smallest absolute Gasteiger partial charge is 0.408 e. The topological polar surface area (TPSA) is 55.4 Å². The van der Waals surface area contributed by atoms with Crippen LogP contribution in [0.1, 0.15) is 44.3 Å². The SMILES string of the molecule is CCCn1c(=O)oc2cc(C(O)CC3CC3)ccc21. The van der Waals surface area contributed by atoms with Crippen molar-refractivity contribution in [3.8, 4) is 0 Å². The van der Waals surface area contributed by atoms with Gasteiger partial charge in [0.25, 0.3) is 0 Å². The molecule has 4 heteroatoms. The Morgan fingerprint density at radius 1 is 1.47 bits per heavy atom. The van der Waals surface area contributed by atoms with Crippen LogP contribution in [0, 0.1) is 5.92 Å². The molecule has 1 aliphatic carbocycles. The van der Waals surface area contributed by atoms with Gasteiger partial charge in [-0.1, -0.05) is 25.8 Å². The molecule has 0 saturated heterocycles. The lowest BCUT2D eigenvalue weighted by Crippen LogP contribution is -2.13. The van der Waals surface area contributed by atoms with E-state index >= 15 is 0 Å². The van der Waals surface area contributed by atoms with E-state index in [4.69, 9.17) is 4.42 Å². The third kappa shape index (κ3) is 2.45. The number of aromatic nitrogens is 1. The number of nitrogens with zero attached hydrogens (tertiary/aromatic N) is 1. The van der Waals surface area contributed by atoms with Crippen LogP contribution in [0.25, 0.3) is 11.1 Å². The van der Waals surface area contributed by atoms with Crippen molar-refractivity contribution >= 4 is 11.1 Å². The fourth-order valence-corrected chi connectivity index (χ4v) is 2.53. The van der Waals surface area contributed by atoms with Crippen molar-refractivity contribution in [1.29, 1.82) is 0 Å². The zero-order valence-electron chi connectivity index (χ0n) is 11.1. The van der Waals surface area contributed by atoms with Crippen molar-refractivity contribution in [3.63, 3.8) is 0 Å². The van der Waals surface area contributed by atoms with Crippen molar-refractivity contribution in [3.05, 3.63) is 34.3 Å². The summed E-state index contributed by atoms with van der Waals surface area (Å²) in [5.41, 5.74) is 2.23. The zero-order chi connectivity index (χ0) is 13.4. The second-order valence-electron chi connectivity index (χ2n) is 5.44. The van der Waals surface area contributed by atoms with E-state index in [0.717, 1.165) is 23.9 Å². The van der Waals surface area contributed by atoms with E-state index in [1.165, 1.54) is 12.8 Å². The summed E-state index contributed by atoms with van der Waals surface area (Å²) < 4.78 is 6.90. The Labute approximate surface area is 111 Å². The van der Waals surface area contributed by atoms with Crippen LogP contribution in [0.5, 0.6) is 0 Å². The molecule has 1 N–H and O–H groups in total. The molecule has 19 heavy (non-hydrogen) atoms. The molecule has 1 heterocycles. The summed E-state index contributed by atoms with van der Waals surface area (Å²) in [6.07, 6.45) is 3.70. The zero-order valence-corrected chi connectivity index (χ0v) is 11.1. The molecule has 0 spiro atoms. The minimum absolute atomic E-state index is 0.314. The maximum Gasteiger partial charge on any atom is 0.419 e. The number of aliphatic hydroxyl groups is 1. The number of hydrogen-bond acceptors (Lipinski definition) is 3. The van der Waals surface area contributed by atoms with E-state index in [0.29, 0.717) is 18.0 Å². The van der Waals surface area contributed by atoms with Gasteiger partial charge in [-0.3, -0.25) is 4.57 Å². The van der Waals surface area contributed by atoms with Gasteiger partial charge in [0, 0.05) is 6.54 Å². The van der Waals surface area contributed by atoms with Crippen molar-refractivity contribution < 1.29 is 9.52 Å². The first kappa shape index (κ1) is 12.5. The molecule has 0 bridgehead atoms. The standard InChI is InChI=1S/C15H19NO3/c1-2-7-16-12-6-5-11(9-14(12)19-15(16)18)13(17)8-10-3-4-10/h5-6,9-10,13,17H,2-4,7-8H2,1H3. The number of rotatable bonds is 5. The Morgan fingerprint density at radius 2 is 2.26 bits per heavy atom. The molecule has 1 aliphatic rings. The summed E-state index contributed by atoms with van der Waals surface area (Å²) in [6, 6.07) is 5.58. The minimum Gasteiger partial charge on any atom is -0.408 e. The van der Waals surface area contributed by atoms with Gasteiger partial charge in [0.1, 0.15) is 0 Å². The van der Waals surface area contributed by atoms with Crippen molar-refractivity contribution in [2.24, 2.45) is 5.92 Å². The Balaban J connectivity index is 1.94. The quantitative estimate of drug-likeness (QED) is 0.900. The number of benzene rings is 1. The highest BCUT2D eigenvalue weighted by Crippen LogP contribution is 2.37. The number of hydrogen-bond donors (Lipinski definition) is 1. The van der Waals surface area contributed by atoms with Crippen LogP contribution in [0.3, 0.4) is 0 Å². The molecule has 0 radical (unpaired) electrons. The van der Waals surface area contributed by atoms with Crippen molar-refractivity contribution in [1.82, 2.24) is 4.57 Å².